The van der Waals surface area contributed by atoms with Gasteiger partial charge in [-0.3, -0.25) is 4.79 Å². The highest BCUT2D eigenvalue weighted by atomic mass is 16.1. The number of carbonyl (C=O) groups is 1. The fraction of sp³-hybridized carbons (Fsp3) is 0.933. The summed E-state index contributed by atoms with van der Waals surface area (Å²) in [7, 11) is 0. The van der Waals surface area contributed by atoms with Crippen molar-refractivity contribution >= 4 is 5.91 Å². The summed E-state index contributed by atoms with van der Waals surface area (Å²) in [6.07, 6.45) is 5.86. The second-order valence-electron chi connectivity index (χ2n) is 6.43. The number of amides is 1. The number of rotatable bonds is 3. The minimum Gasteiger partial charge on any atom is -0.356 e. The van der Waals surface area contributed by atoms with Crippen molar-refractivity contribution < 1.29 is 4.79 Å². The van der Waals surface area contributed by atoms with Gasteiger partial charge in [0.1, 0.15) is 0 Å². The van der Waals surface area contributed by atoms with Crippen LogP contribution in [0.4, 0.5) is 0 Å². The van der Waals surface area contributed by atoms with Crippen LogP contribution in [0.3, 0.4) is 0 Å². The van der Waals surface area contributed by atoms with Crippen LogP contribution in [0, 0.1) is 23.7 Å². The standard InChI is InChI=1S/C15H28N2O/c1-11-3-5-13(6-4-11)15(18)17-10-14-9-16-8-7-12(14)2/h11-14,16H,3-10H2,1-2H3,(H,17,18). The molecule has 2 unspecified atom stereocenters. The van der Waals surface area contributed by atoms with Gasteiger partial charge in [-0.15, -0.1) is 0 Å². The summed E-state index contributed by atoms with van der Waals surface area (Å²) in [4.78, 5) is 12.1. The van der Waals surface area contributed by atoms with Crippen LogP contribution in [-0.4, -0.2) is 25.5 Å². The van der Waals surface area contributed by atoms with Crippen LogP contribution in [0.15, 0.2) is 0 Å². The fourth-order valence-electron chi connectivity index (χ4n) is 3.23. The van der Waals surface area contributed by atoms with Crippen molar-refractivity contribution in [2.24, 2.45) is 23.7 Å². The van der Waals surface area contributed by atoms with Gasteiger partial charge in [0, 0.05) is 12.5 Å². The number of hydrogen-bond donors (Lipinski definition) is 2. The molecule has 0 bridgehead atoms. The molecule has 0 spiro atoms. The van der Waals surface area contributed by atoms with Crippen LogP contribution in [0.1, 0.15) is 46.0 Å². The number of carbonyl (C=O) groups excluding carboxylic acids is 1. The lowest BCUT2D eigenvalue weighted by Gasteiger charge is -2.31. The first-order chi connectivity index (χ1) is 8.66. The third-order valence-electron chi connectivity index (χ3n) is 4.91. The first kappa shape index (κ1) is 13.9. The highest BCUT2D eigenvalue weighted by Gasteiger charge is 2.26. The summed E-state index contributed by atoms with van der Waals surface area (Å²) in [6, 6.07) is 0. The van der Waals surface area contributed by atoms with Crippen molar-refractivity contribution in [1.29, 1.82) is 0 Å². The summed E-state index contributed by atoms with van der Waals surface area (Å²) < 4.78 is 0. The lowest BCUT2D eigenvalue weighted by molar-refractivity contribution is -0.126. The van der Waals surface area contributed by atoms with E-state index in [2.05, 4.69) is 24.5 Å². The molecule has 1 heterocycles. The Balaban J connectivity index is 1.70. The zero-order valence-corrected chi connectivity index (χ0v) is 11.9. The van der Waals surface area contributed by atoms with Crippen LogP contribution >= 0.6 is 0 Å². The maximum atomic E-state index is 12.1. The van der Waals surface area contributed by atoms with E-state index in [1.807, 2.05) is 0 Å². The highest BCUT2D eigenvalue weighted by molar-refractivity contribution is 5.78. The Morgan fingerprint density at radius 3 is 2.56 bits per heavy atom. The maximum Gasteiger partial charge on any atom is 0.223 e. The zero-order valence-electron chi connectivity index (χ0n) is 11.9. The first-order valence-electron chi connectivity index (χ1n) is 7.65. The van der Waals surface area contributed by atoms with Gasteiger partial charge in [-0.2, -0.15) is 0 Å². The minimum atomic E-state index is 0.285. The average molecular weight is 252 g/mol. The fourth-order valence-corrected chi connectivity index (χ4v) is 3.23. The van der Waals surface area contributed by atoms with Crippen LogP contribution in [0.5, 0.6) is 0 Å². The maximum absolute atomic E-state index is 12.1. The van der Waals surface area contributed by atoms with E-state index in [0.29, 0.717) is 11.8 Å². The van der Waals surface area contributed by atoms with Gasteiger partial charge >= 0.3 is 0 Å². The van der Waals surface area contributed by atoms with Crippen molar-refractivity contribution in [3.63, 3.8) is 0 Å². The Labute approximate surface area is 111 Å². The number of nitrogens with one attached hydrogen (secondary N) is 2. The van der Waals surface area contributed by atoms with Crippen molar-refractivity contribution in [3.8, 4) is 0 Å². The molecule has 3 heteroatoms. The van der Waals surface area contributed by atoms with E-state index in [1.54, 1.807) is 0 Å². The first-order valence-corrected chi connectivity index (χ1v) is 7.65. The molecule has 18 heavy (non-hydrogen) atoms. The molecule has 0 aromatic carbocycles. The minimum absolute atomic E-state index is 0.285. The second-order valence-corrected chi connectivity index (χ2v) is 6.43. The number of hydrogen-bond acceptors (Lipinski definition) is 2. The molecule has 2 fully saturated rings. The molecule has 1 aliphatic heterocycles. The molecule has 0 radical (unpaired) electrons. The van der Waals surface area contributed by atoms with Crippen molar-refractivity contribution in [1.82, 2.24) is 10.6 Å². The molecule has 104 valence electrons. The molecule has 2 rings (SSSR count). The summed E-state index contributed by atoms with van der Waals surface area (Å²) in [6.45, 7) is 7.65. The Bertz CT molecular complexity index is 272. The van der Waals surface area contributed by atoms with Gasteiger partial charge in [-0.1, -0.05) is 13.8 Å². The molecule has 0 aromatic heterocycles. The van der Waals surface area contributed by atoms with E-state index in [9.17, 15) is 4.79 Å². The molecule has 3 nitrogen and oxygen atoms in total. The van der Waals surface area contributed by atoms with Crippen LogP contribution in [0.25, 0.3) is 0 Å². The Morgan fingerprint density at radius 2 is 1.89 bits per heavy atom. The largest absolute Gasteiger partial charge is 0.356 e. The van der Waals surface area contributed by atoms with E-state index < -0.39 is 0 Å². The van der Waals surface area contributed by atoms with Gasteiger partial charge in [0.15, 0.2) is 0 Å². The van der Waals surface area contributed by atoms with Crippen molar-refractivity contribution in [3.05, 3.63) is 0 Å². The molecule has 2 N–H and O–H groups in total. The van der Waals surface area contributed by atoms with E-state index >= 15 is 0 Å². The Hall–Kier alpha value is -0.570. The van der Waals surface area contributed by atoms with Crippen LogP contribution < -0.4 is 10.6 Å². The molecule has 1 amide bonds. The van der Waals surface area contributed by atoms with Crippen molar-refractivity contribution in [2.75, 3.05) is 19.6 Å². The average Bonchev–Trinajstić information content (AvgIpc) is 2.38. The molecule has 2 atom stereocenters. The summed E-state index contributed by atoms with van der Waals surface area (Å²) in [5.41, 5.74) is 0. The van der Waals surface area contributed by atoms with Gasteiger partial charge in [0.05, 0.1) is 0 Å². The van der Waals surface area contributed by atoms with Gasteiger partial charge < -0.3 is 10.6 Å². The van der Waals surface area contributed by atoms with E-state index in [0.717, 1.165) is 44.3 Å². The zero-order chi connectivity index (χ0) is 13.0. The van der Waals surface area contributed by atoms with E-state index in [1.165, 1.54) is 19.3 Å². The third kappa shape index (κ3) is 3.71. The molecule has 1 aliphatic carbocycles. The van der Waals surface area contributed by atoms with Gasteiger partial charge in [0.25, 0.3) is 0 Å². The summed E-state index contributed by atoms with van der Waals surface area (Å²) in [5.74, 6) is 2.76. The quantitative estimate of drug-likeness (QED) is 0.808. The third-order valence-corrected chi connectivity index (χ3v) is 4.91. The lowest BCUT2D eigenvalue weighted by Crippen LogP contribution is -2.43. The second kappa shape index (κ2) is 6.55. The lowest BCUT2D eigenvalue weighted by atomic mass is 9.82. The monoisotopic (exact) mass is 252 g/mol. The van der Waals surface area contributed by atoms with Crippen LogP contribution in [0.2, 0.25) is 0 Å². The Kier molecular flexibility index (Phi) is 5.04. The molecule has 1 saturated carbocycles. The highest BCUT2D eigenvalue weighted by Crippen LogP contribution is 2.28. The predicted molar refractivity (Wildman–Crippen MR) is 74.3 cm³/mol. The normalized spacial score (nSPS) is 37.2. The number of piperidine rings is 1. The summed E-state index contributed by atoms with van der Waals surface area (Å²) >= 11 is 0. The van der Waals surface area contributed by atoms with E-state index in [-0.39, 0.29) is 5.92 Å². The molecular weight excluding hydrogens is 224 g/mol. The molecular formula is C15H28N2O. The predicted octanol–water partition coefficient (Wildman–Crippen LogP) is 2.17. The smallest absolute Gasteiger partial charge is 0.223 e. The van der Waals surface area contributed by atoms with Gasteiger partial charge in [0.2, 0.25) is 5.91 Å². The van der Waals surface area contributed by atoms with Gasteiger partial charge in [-0.05, 0) is 62.9 Å². The topological polar surface area (TPSA) is 41.1 Å². The molecule has 0 aromatic rings. The Morgan fingerprint density at radius 1 is 1.17 bits per heavy atom. The molecule has 1 saturated heterocycles. The van der Waals surface area contributed by atoms with Crippen molar-refractivity contribution in [2.45, 2.75) is 46.0 Å². The SMILES string of the molecule is CC1CCC(C(=O)NCC2CNCCC2C)CC1. The van der Waals surface area contributed by atoms with Gasteiger partial charge in [-0.25, -0.2) is 0 Å². The summed E-state index contributed by atoms with van der Waals surface area (Å²) in [5, 5.41) is 6.61. The van der Waals surface area contributed by atoms with E-state index in [4.69, 9.17) is 0 Å². The van der Waals surface area contributed by atoms with Crippen LogP contribution in [-0.2, 0) is 4.79 Å². The molecule has 2 aliphatic rings.